The maximum Gasteiger partial charge on any atom is 0.0750 e. The second-order valence-electron chi connectivity index (χ2n) is 5.02. The van der Waals surface area contributed by atoms with Gasteiger partial charge in [-0.15, -0.1) is 0 Å². The lowest BCUT2D eigenvalue weighted by Gasteiger charge is -2.35. The van der Waals surface area contributed by atoms with Crippen LogP contribution in [0.3, 0.4) is 0 Å². The minimum atomic E-state index is 0.0844. The smallest absolute Gasteiger partial charge is 0.0750 e. The second kappa shape index (κ2) is 7.27. The number of rotatable bonds is 5. The van der Waals surface area contributed by atoms with E-state index in [-0.39, 0.29) is 6.61 Å². The molecule has 4 heteroatoms. The standard InChI is InChI=1S/C15H22BrNO2/c1-2-8-19-13-4-3-7-17(10-13)15-6-5-12(11-18)9-14(15)16/h5-6,9,13,18H,2-4,7-8,10-11H2,1H3. The highest BCUT2D eigenvalue weighted by atomic mass is 79.9. The fraction of sp³-hybridized carbons (Fsp3) is 0.600. The molecule has 1 heterocycles. The Bertz CT molecular complexity index is 411. The Balaban J connectivity index is 2.04. The predicted molar refractivity (Wildman–Crippen MR) is 81.5 cm³/mol. The SMILES string of the molecule is CCCOC1CCCN(c2ccc(CO)cc2Br)C1. The summed E-state index contributed by atoms with van der Waals surface area (Å²) in [6.07, 6.45) is 3.75. The molecule has 0 radical (unpaired) electrons. The zero-order chi connectivity index (χ0) is 13.7. The summed E-state index contributed by atoms with van der Waals surface area (Å²) in [6.45, 7) is 5.11. The maximum atomic E-state index is 9.15. The van der Waals surface area contributed by atoms with Crippen LogP contribution >= 0.6 is 15.9 Å². The second-order valence-corrected chi connectivity index (χ2v) is 5.88. The monoisotopic (exact) mass is 327 g/mol. The van der Waals surface area contributed by atoms with Crippen LogP contribution < -0.4 is 4.90 Å². The number of anilines is 1. The molecule has 0 spiro atoms. The maximum absolute atomic E-state index is 9.15. The van der Waals surface area contributed by atoms with Gasteiger partial charge in [0, 0.05) is 24.2 Å². The number of ether oxygens (including phenoxy) is 1. The summed E-state index contributed by atoms with van der Waals surface area (Å²) in [5.74, 6) is 0. The summed E-state index contributed by atoms with van der Waals surface area (Å²) in [4.78, 5) is 2.37. The molecule has 1 unspecified atom stereocenters. The minimum Gasteiger partial charge on any atom is -0.392 e. The van der Waals surface area contributed by atoms with Crippen LogP contribution in [0.1, 0.15) is 31.7 Å². The van der Waals surface area contributed by atoms with Crippen molar-refractivity contribution in [2.24, 2.45) is 0 Å². The van der Waals surface area contributed by atoms with Crippen molar-refractivity contribution in [1.29, 1.82) is 0 Å². The lowest BCUT2D eigenvalue weighted by Crippen LogP contribution is -2.40. The van der Waals surface area contributed by atoms with Crippen molar-refractivity contribution in [2.45, 2.75) is 38.9 Å². The molecular formula is C15H22BrNO2. The van der Waals surface area contributed by atoms with Gasteiger partial charge in [0.2, 0.25) is 0 Å². The van der Waals surface area contributed by atoms with Crippen LogP contribution in [0, 0.1) is 0 Å². The Morgan fingerprint density at radius 3 is 3.00 bits per heavy atom. The first-order valence-electron chi connectivity index (χ1n) is 7.00. The highest BCUT2D eigenvalue weighted by Crippen LogP contribution is 2.30. The van der Waals surface area contributed by atoms with E-state index in [1.165, 1.54) is 12.1 Å². The fourth-order valence-corrected chi connectivity index (χ4v) is 3.16. The van der Waals surface area contributed by atoms with Gasteiger partial charge in [-0.2, -0.15) is 0 Å². The molecule has 106 valence electrons. The van der Waals surface area contributed by atoms with Gasteiger partial charge in [0.25, 0.3) is 0 Å². The first-order valence-corrected chi connectivity index (χ1v) is 7.79. The molecule has 0 saturated carbocycles. The molecule has 3 nitrogen and oxygen atoms in total. The topological polar surface area (TPSA) is 32.7 Å². The summed E-state index contributed by atoms with van der Waals surface area (Å²) < 4.78 is 6.92. The van der Waals surface area contributed by atoms with E-state index >= 15 is 0 Å². The average Bonchev–Trinajstić information content (AvgIpc) is 2.45. The minimum absolute atomic E-state index is 0.0844. The van der Waals surface area contributed by atoms with Crippen molar-refractivity contribution in [3.63, 3.8) is 0 Å². The molecule has 2 rings (SSSR count). The van der Waals surface area contributed by atoms with Gasteiger partial charge in [0.05, 0.1) is 18.4 Å². The highest BCUT2D eigenvalue weighted by molar-refractivity contribution is 9.10. The molecule has 1 N–H and O–H groups in total. The van der Waals surface area contributed by atoms with Crippen LogP contribution in [-0.4, -0.2) is 30.9 Å². The fourth-order valence-electron chi connectivity index (χ4n) is 2.48. The Labute approximate surface area is 123 Å². The zero-order valence-electron chi connectivity index (χ0n) is 11.4. The number of nitrogens with zero attached hydrogens (tertiary/aromatic N) is 1. The summed E-state index contributed by atoms with van der Waals surface area (Å²) in [7, 11) is 0. The van der Waals surface area contributed by atoms with Gasteiger partial charge in [0.1, 0.15) is 0 Å². The van der Waals surface area contributed by atoms with Gasteiger partial charge in [-0.05, 0) is 52.9 Å². The molecule has 1 fully saturated rings. The Hall–Kier alpha value is -0.580. The van der Waals surface area contributed by atoms with E-state index in [0.29, 0.717) is 6.10 Å². The lowest BCUT2D eigenvalue weighted by molar-refractivity contribution is 0.0440. The van der Waals surface area contributed by atoms with Crippen molar-refractivity contribution < 1.29 is 9.84 Å². The van der Waals surface area contributed by atoms with E-state index in [1.54, 1.807) is 0 Å². The molecule has 0 aliphatic carbocycles. The number of hydrogen-bond donors (Lipinski definition) is 1. The van der Waals surface area contributed by atoms with Crippen LogP contribution in [0.2, 0.25) is 0 Å². The first-order chi connectivity index (χ1) is 9.24. The molecule has 0 bridgehead atoms. The van der Waals surface area contributed by atoms with E-state index in [2.05, 4.69) is 33.8 Å². The van der Waals surface area contributed by atoms with Crippen molar-refractivity contribution in [3.05, 3.63) is 28.2 Å². The molecule has 1 aliphatic heterocycles. The van der Waals surface area contributed by atoms with Crippen LogP contribution in [0.5, 0.6) is 0 Å². The van der Waals surface area contributed by atoms with Crippen LogP contribution in [-0.2, 0) is 11.3 Å². The number of benzene rings is 1. The molecule has 1 aromatic carbocycles. The Morgan fingerprint density at radius 2 is 2.32 bits per heavy atom. The number of halogens is 1. The highest BCUT2D eigenvalue weighted by Gasteiger charge is 2.21. The summed E-state index contributed by atoms with van der Waals surface area (Å²) in [5.41, 5.74) is 2.13. The molecule has 1 aliphatic rings. The largest absolute Gasteiger partial charge is 0.392 e. The zero-order valence-corrected chi connectivity index (χ0v) is 13.0. The molecule has 1 aromatic rings. The van der Waals surface area contributed by atoms with Crippen LogP contribution in [0.15, 0.2) is 22.7 Å². The van der Waals surface area contributed by atoms with Crippen molar-refractivity contribution in [3.8, 4) is 0 Å². The van der Waals surface area contributed by atoms with Gasteiger partial charge in [-0.1, -0.05) is 13.0 Å². The lowest BCUT2D eigenvalue weighted by atomic mass is 10.1. The normalized spacial score (nSPS) is 19.7. The van der Waals surface area contributed by atoms with Crippen molar-refractivity contribution >= 4 is 21.6 Å². The van der Waals surface area contributed by atoms with E-state index in [0.717, 1.165) is 42.6 Å². The predicted octanol–water partition coefficient (Wildman–Crippen LogP) is 3.34. The van der Waals surface area contributed by atoms with Gasteiger partial charge < -0.3 is 14.7 Å². The van der Waals surface area contributed by atoms with E-state index < -0.39 is 0 Å². The summed E-state index contributed by atoms with van der Waals surface area (Å²) in [6, 6.07) is 6.06. The number of aliphatic hydroxyl groups excluding tert-OH is 1. The van der Waals surface area contributed by atoms with E-state index in [9.17, 15) is 0 Å². The van der Waals surface area contributed by atoms with Crippen molar-refractivity contribution in [2.75, 3.05) is 24.6 Å². The third kappa shape index (κ3) is 3.94. The van der Waals surface area contributed by atoms with E-state index in [1.807, 2.05) is 12.1 Å². The molecule has 19 heavy (non-hydrogen) atoms. The third-order valence-corrected chi connectivity index (χ3v) is 4.11. The third-order valence-electron chi connectivity index (χ3n) is 3.47. The average molecular weight is 328 g/mol. The Kier molecular flexibility index (Phi) is 5.67. The van der Waals surface area contributed by atoms with Crippen molar-refractivity contribution in [1.82, 2.24) is 0 Å². The number of hydrogen-bond acceptors (Lipinski definition) is 3. The van der Waals surface area contributed by atoms with Crippen LogP contribution in [0.4, 0.5) is 5.69 Å². The van der Waals surface area contributed by atoms with Gasteiger partial charge in [-0.3, -0.25) is 0 Å². The first kappa shape index (κ1) is 14.8. The molecule has 0 aromatic heterocycles. The molecule has 0 amide bonds. The number of piperidine rings is 1. The molecule has 1 atom stereocenters. The summed E-state index contributed by atoms with van der Waals surface area (Å²) >= 11 is 3.60. The Morgan fingerprint density at radius 1 is 1.47 bits per heavy atom. The quantitative estimate of drug-likeness (QED) is 0.900. The molecular weight excluding hydrogens is 306 g/mol. The molecule has 1 saturated heterocycles. The van der Waals surface area contributed by atoms with Gasteiger partial charge in [0.15, 0.2) is 0 Å². The van der Waals surface area contributed by atoms with Gasteiger partial charge >= 0.3 is 0 Å². The van der Waals surface area contributed by atoms with Crippen LogP contribution in [0.25, 0.3) is 0 Å². The van der Waals surface area contributed by atoms with E-state index in [4.69, 9.17) is 9.84 Å². The number of aliphatic hydroxyl groups is 1. The van der Waals surface area contributed by atoms with Gasteiger partial charge in [-0.25, -0.2) is 0 Å². The summed E-state index contributed by atoms with van der Waals surface area (Å²) in [5, 5.41) is 9.15.